The Morgan fingerprint density at radius 3 is 2.22 bits per heavy atom. The third-order valence-electron chi connectivity index (χ3n) is 4.28. The number of fused-ring (bicyclic) bond motifs is 1. The molecule has 1 unspecified atom stereocenters. The van der Waals surface area contributed by atoms with Crippen LogP contribution in [0, 0.1) is 0 Å². The number of rotatable bonds is 12. The van der Waals surface area contributed by atoms with Crippen LogP contribution >= 0.6 is 30.5 Å². The minimum Gasteiger partial charge on any atom is -0.248 e. The largest absolute Gasteiger partial charge is 0.248 e. The molecule has 23 heavy (non-hydrogen) atoms. The van der Waals surface area contributed by atoms with Crippen LogP contribution in [0.25, 0.3) is 0 Å². The minimum atomic E-state index is -1.15. The van der Waals surface area contributed by atoms with Crippen molar-refractivity contribution in [3.8, 4) is 0 Å². The van der Waals surface area contributed by atoms with Crippen molar-refractivity contribution in [2.45, 2.75) is 76.0 Å². The number of hydrogen-bond acceptors (Lipinski definition) is 3. The van der Waals surface area contributed by atoms with Gasteiger partial charge in [-0.25, -0.2) is 4.99 Å². The molecule has 1 aromatic rings. The summed E-state index contributed by atoms with van der Waals surface area (Å²) in [5.41, 5.74) is 3.20. The van der Waals surface area contributed by atoms with Gasteiger partial charge in [0.2, 0.25) is 0 Å². The van der Waals surface area contributed by atoms with Gasteiger partial charge in [-0.1, -0.05) is 95.7 Å². The number of nitrogens with zero attached hydrogens (tertiary/aromatic N) is 1. The summed E-state index contributed by atoms with van der Waals surface area (Å²) in [7, 11) is 0.851. The van der Waals surface area contributed by atoms with E-state index in [9.17, 15) is 0 Å². The van der Waals surface area contributed by atoms with E-state index >= 15 is 0 Å². The van der Waals surface area contributed by atoms with Gasteiger partial charge in [0, 0.05) is 10.6 Å². The van der Waals surface area contributed by atoms with Gasteiger partial charge in [-0.3, -0.25) is 0 Å². The van der Waals surface area contributed by atoms with E-state index in [-0.39, 0.29) is 0 Å². The summed E-state index contributed by atoms with van der Waals surface area (Å²) < 4.78 is 0. The van der Waals surface area contributed by atoms with Gasteiger partial charge < -0.3 is 0 Å². The molecule has 0 saturated carbocycles. The van der Waals surface area contributed by atoms with Crippen LogP contribution in [0.1, 0.15) is 71.1 Å². The first kappa shape index (κ1) is 19.3. The van der Waals surface area contributed by atoms with E-state index < -0.39 is 8.09 Å². The van der Waals surface area contributed by atoms with Crippen LogP contribution in [-0.2, 0) is 0 Å². The molecule has 0 radical (unpaired) electrons. The van der Waals surface area contributed by atoms with E-state index in [1.54, 1.807) is 0 Å². The van der Waals surface area contributed by atoms with Gasteiger partial charge in [-0.05, 0) is 18.6 Å². The molecule has 0 N–H and O–H groups in total. The monoisotopic (exact) mass is 369 g/mol. The predicted octanol–water partition coefficient (Wildman–Crippen LogP) is 7.94. The summed E-state index contributed by atoms with van der Waals surface area (Å²) in [6.45, 7) is 2.28. The number of hydrogen-bond donors (Lipinski definition) is 1. The lowest BCUT2D eigenvalue weighted by Crippen LogP contribution is -1.89. The summed E-state index contributed by atoms with van der Waals surface area (Å²) in [4.78, 5) is 5.87. The highest BCUT2D eigenvalue weighted by atomic mass is 33.5. The van der Waals surface area contributed by atoms with Crippen LogP contribution < -0.4 is 0 Å². The van der Waals surface area contributed by atoms with Crippen molar-refractivity contribution in [3.63, 3.8) is 0 Å². The lowest BCUT2D eigenvalue weighted by molar-refractivity contribution is 0.563. The Kier molecular flexibility index (Phi) is 8.99. The van der Waals surface area contributed by atoms with Gasteiger partial charge in [0.05, 0.1) is 11.2 Å². The van der Waals surface area contributed by atoms with Crippen molar-refractivity contribution >= 4 is 41.8 Å². The number of unbranched alkanes of at least 4 members (excludes halogenated alkanes) is 9. The summed E-state index contributed by atoms with van der Waals surface area (Å²) in [6.07, 6.45) is 14.0. The second kappa shape index (κ2) is 10.7. The van der Waals surface area contributed by atoms with Crippen molar-refractivity contribution in [2.24, 2.45) is 4.99 Å². The van der Waals surface area contributed by atoms with E-state index in [2.05, 4.69) is 41.7 Å². The second-order valence-corrected chi connectivity index (χ2v) is 13.5. The fourth-order valence-corrected chi connectivity index (χ4v) is 8.20. The van der Waals surface area contributed by atoms with E-state index in [0.29, 0.717) is 0 Å². The maximum atomic E-state index is 4.96. The Bertz CT molecular complexity index is 489. The Morgan fingerprint density at radius 2 is 1.52 bits per heavy atom. The van der Waals surface area contributed by atoms with E-state index in [0.717, 1.165) is 5.69 Å². The molecule has 0 fully saturated rings. The molecule has 0 amide bonds. The van der Waals surface area contributed by atoms with Crippen LogP contribution in [0.5, 0.6) is 0 Å². The van der Waals surface area contributed by atoms with Crippen LogP contribution in [0.2, 0.25) is 0 Å². The topological polar surface area (TPSA) is 12.4 Å². The summed E-state index contributed by atoms with van der Waals surface area (Å²) in [6, 6.07) is 8.45. The molecule has 4 heteroatoms. The lowest BCUT2D eigenvalue weighted by Gasteiger charge is -2.26. The SMILES string of the molecule is CCCCCCCCCCCCSS1(S)C=Nc2ccccc21. The average molecular weight is 370 g/mol. The highest BCUT2D eigenvalue weighted by molar-refractivity contribution is 9.26. The summed E-state index contributed by atoms with van der Waals surface area (Å²) in [5.74, 6) is 1.20. The van der Waals surface area contributed by atoms with E-state index in [4.69, 9.17) is 11.7 Å². The standard InChI is InChI=1S/C19H31NS3/c1-2-3-4-5-6-7-8-9-10-13-16-22-23(21)17-20-18-14-11-12-15-19(18)23/h11-12,14-15,17,21H,2-10,13,16H2,1H3. The normalized spacial score (nSPS) is 22.0. The van der Waals surface area contributed by atoms with Crippen LogP contribution in [-0.4, -0.2) is 11.3 Å². The molecule has 0 saturated heterocycles. The molecule has 0 bridgehead atoms. The molecule has 1 aliphatic rings. The molecule has 1 aromatic carbocycles. The number of thiol groups is 1. The molecule has 0 aromatic heterocycles. The zero-order valence-corrected chi connectivity index (χ0v) is 16.9. The molecule has 1 heterocycles. The fourth-order valence-electron chi connectivity index (χ4n) is 2.87. The molecule has 1 nitrogen and oxygen atoms in total. The molecule has 0 aliphatic carbocycles. The molecule has 130 valence electrons. The predicted molar refractivity (Wildman–Crippen MR) is 114 cm³/mol. The summed E-state index contributed by atoms with van der Waals surface area (Å²) in [5, 5.41) is 0. The zero-order chi connectivity index (χ0) is 16.4. The highest BCUT2D eigenvalue weighted by Crippen LogP contribution is 2.72. The first-order valence-electron chi connectivity index (χ1n) is 9.09. The first-order chi connectivity index (χ1) is 11.3. The van der Waals surface area contributed by atoms with E-state index in [1.807, 2.05) is 10.8 Å². The first-order valence-corrected chi connectivity index (χ1v) is 13.3. The number of para-hydroxylation sites is 1. The third-order valence-corrected chi connectivity index (χ3v) is 10.7. The molecule has 0 spiro atoms. The minimum absolute atomic E-state index is 1.12. The van der Waals surface area contributed by atoms with Gasteiger partial charge in [0.25, 0.3) is 0 Å². The Morgan fingerprint density at radius 1 is 0.913 bits per heavy atom. The van der Waals surface area contributed by atoms with Crippen LogP contribution in [0.3, 0.4) is 0 Å². The maximum Gasteiger partial charge on any atom is 0.0775 e. The quantitative estimate of drug-likeness (QED) is 0.224. The molecule has 2 rings (SSSR count). The molecular weight excluding hydrogens is 338 g/mol. The van der Waals surface area contributed by atoms with Crippen molar-refractivity contribution < 1.29 is 0 Å². The molecule has 1 aliphatic heterocycles. The van der Waals surface area contributed by atoms with Gasteiger partial charge in [-0.15, -0.1) is 11.7 Å². The van der Waals surface area contributed by atoms with Crippen LogP contribution in [0.4, 0.5) is 5.69 Å². The highest BCUT2D eigenvalue weighted by Gasteiger charge is 2.27. The molecular formula is C19H31NS3. The Hall–Kier alpha value is -0.0600. The van der Waals surface area contributed by atoms with Gasteiger partial charge >= 0.3 is 0 Å². The van der Waals surface area contributed by atoms with Gasteiger partial charge in [-0.2, -0.15) is 0 Å². The number of aliphatic imine (C=N–C) groups is 1. The Balaban J connectivity index is 1.51. The smallest absolute Gasteiger partial charge is 0.0775 e. The maximum absolute atomic E-state index is 4.96. The van der Waals surface area contributed by atoms with Gasteiger partial charge in [0.15, 0.2) is 0 Å². The van der Waals surface area contributed by atoms with Crippen molar-refractivity contribution in [3.05, 3.63) is 24.3 Å². The van der Waals surface area contributed by atoms with Crippen molar-refractivity contribution in [2.75, 3.05) is 5.75 Å². The average Bonchev–Trinajstić information content (AvgIpc) is 2.91. The Labute approximate surface area is 152 Å². The van der Waals surface area contributed by atoms with Gasteiger partial charge in [0.1, 0.15) is 0 Å². The van der Waals surface area contributed by atoms with Crippen molar-refractivity contribution in [1.29, 1.82) is 0 Å². The zero-order valence-electron chi connectivity index (χ0n) is 14.4. The number of benzene rings is 1. The fraction of sp³-hybridized carbons (Fsp3) is 0.632. The second-order valence-electron chi connectivity index (χ2n) is 6.27. The summed E-state index contributed by atoms with van der Waals surface area (Å²) >= 11 is 4.96. The molecule has 1 atom stereocenters. The van der Waals surface area contributed by atoms with Crippen LogP contribution in [0.15, 0.2) is 34.2 Å². The third kappa shape index (κ3) is 6.39. The van der Waals surface area contributed by atoms with Crippen molar-refractivity contribution in [1.82, 2.24) is 0 Å². The lowest BCUT2D eigenvalue weighted by atomic mass is 10.1. The van der Waals surface area contributed by atoms with E-state index in [1.165, 1.54) is 74.9 Å².